The van der Waals surface area contributed by atoms with Crippen molar-refractivity contribution in [3.05, 3.63) is 84.2 Å². The molecule has 2 aromatic carbocycles. The van der Waals surface area contributed by atoms with E-state index in [2.05, 4.69) is 15.6 Å². The first-order valence-corrected chi connectivity index (χ1v) is 8.44. The van der Waals surface area contributed by atoms with E-state index in [-0.39, 0.29) is 5.91 Å². The zero-order chi connectivity index (χ0) is 18.2. The van der Waals surface area contributed by atoms with Crippen molar-refractivity contribution in [2.45, 2.75) is 6.42 Å². The Labute approximate surface area is 153 Å². The van der Waals surface area contributed by atoms with E-state index in [9.17, 15) is 4.79 Å². The van der Waals surface area contributed by atoms with Gasteiger partial charge in [-0.3, -0.25) is 9.78 Å². The van der Waals surface area contributed by atoms with Crippen LogP contribution in [0.3, 0.4) is 0 Å². The molecule has 2 N–H and O–H groups in total. The van der Waals surface area contributed by atoms with Crippen molar-refractivity contribution in [1.82, 2.24) is 10.3 Å². The van der Waals surface area contributed by atoms with Crippen molar-refractivity contribution >= 4 is 17.3 Å². The lowest BCUT2D eigenvalue weighted by Crippen LogP contribution is -2.26. The summed E-state index contributed by atoms with van der Waals surface area (Å²) in [7, 11) is 1.62. The molecule has 26 heavy (non-hydrogen) atoms. The van der Waals surface area contributed by atoms with Crippen molar-refractivity contribution in [2.24, 2.45) is 0 Å². The molecule has 0 atom stereocenters. The van der Waals surface area contributed by atoms with E-state index in [0.29, 0.717) is 12.2 Å². The van der Waals surface area contributed by atoms with Crippen LogP contribution in [-0.2, 0) is 6.42 Å². The Morgan fingerprint density at radius 2 is 1.81 bits per heavy atom. The van der Waals surface area contributed by atoms with Crippen molar-refractivity contribution in [1.29, 1.82) is 0 Å². The Kier molecular flexibility index (Phi) is 5.83. The van der Waals surface area contributed by atoms with E-state index in [4.69, 9.17) is 4.74 Å². The van der Waals surface area contributed by atoms with E-state index in [1.165, 1.54) is 5.56 Å². The molecule has 0 saturated carbocycles. The zero-order valence-corrected chi connectivity index (χ0v) is 14.6. The number of anilines is 2. The third kappa shape index (κ3) is 4.60. The molecule has 132 valence electrons. The number of carbonyl (C=O) groups excluding carboxylic acids is 1. The van der Waals surface area contributed by atoms with Crippen LogP contribution in [0.5, 0.6) is 5.75 Å². The second-order valence-corrected chi connectivity index (χ2v) is 5.75. The molecule has 1 heterocycles. The summed E-state index contributed by atoms with van der Waals surface area (Å²) in [5.41, 5.74) is 3.17. The van der Waals surface area contributed by atoms with Gasteiger partial charge in [-0.05, 0) is 36.2 Å². The van der Waals surface area contributed by atoms with Crippen LogP contribution in [0.15, 0.2) is 72.9 Å². The minimum atomic E-state index is -0.190. The molecule has 0 aliphatic heterocycles. The summed E-state index contributed by atoms with van der Waals surface area (Å²) in [6, 6.07) is 21.2. The van der Waals surface area contributed by atoms with Crippen molar-refractivity contribution in [2.75, 3.05) is 19.0 Å². The van der Waals surface area contributed by atoms with Crippen LogP contribution in [0.2, 0.25) is 0 Å². The molecule has 0 bridgehead atoms. The van der Waals surface area contributed by atoms with Crippen LogP contribution in [0.4, 0.5) is 11.4 Å². The van der Waals surface area contributed by atoms with Crippen LogP contribution in [0, 0.1) is 0 Å². The molecule has 0 spiro atoms. The van der Waals surface area contributed by atoms with E-state index in [1.54, 1.807) is 19.4 Å². The number of aromatic nitrogens is 1. The molecule has 5 heteroatoms. The molecule has 1 amide bonds. The Bertz CT molecular complexity index is 866. The maximum Gasteiger partial charge on any atom is 0.269 e. The molecule has 3 aromatic rings. The fraction of sp³-hybridized carbons (Fsp3) is 0.143. The van der Waals surface area contributed by atoms with Crippen molar-refractivity contribution in [3.8, 4) is 5.75 Å². The van der Waals surface area contributed by atoms with Gasteiger partial charge in [0.05, 0.1) is 12.8 Å². The largest absolute Gasteiger partial charge is 0.495 e. The predicted molar refractivity (Wildman–Crippen MR) is 103 cm³/mol. The minimum Gasteiger partial charge on any atom is -0.495 e. The van der Waals surface area contributed by atoms with E-state index in [1.807, 2.05) is 60.7 Å². The number of hydrogen-bond donors (Lipinski definition) is 2. The van der Waals surface area contributed by atoms with Gasteiger partial charge in [0.25, 0.3) is 5.91 Å². The van der Waals surface area contributed by atoms with Gasteiger partial charge < -0.3 is 15.4 Å². The third-order valence-electron chi connectivity index (χ3n) is 3.92. The lowest BCUT2D eigenvalue weighted by molar-refractivity contribution is 0.0949. The van der Waals surface area contributed by atoms with Crippen LogP contribution in [0.1, 0.15) is 16.1 Å². The highest BCUT2D eigenvalue weighted by atomic mass is 16.5. The summed E-state index contributed by atoms with van der Waals surface area (Å²) in [5, 5.41) is 6.16. The molecular weight excluding hydrogens is 326 g/mol. The second-order valence-electron chi connectivity index (χ2n) is 5.75. The highest BCUT2D eigenvalue weighted by molar-refractivity contribution is 5.93. The molecule has 0 radical (unpaired) electrons. The van der Waals surface area contributed by atoms with E-state index in [0.717, 1.165) is 23.5 Å². The molecule has 0 aliphatic rings. The number of nitrogens with one attached hydrogen (secondary N) is 2. The topological polar surface area (TPSA) is 63.2 Å². The number of methoxy groups -OCH3 is 1. The smallest absolute Gasteiger partial charge is 0.269 e. The Morgan fingerprint density at radius 3 is 2.62 bits per heavy atom. The highest BCUT2D eigenvalue weighted by Crippen LogP contribution is 2.26. The zero-order valence-electron chi connectivity index (χ0n) is 14.6. The maximum absolute atomic E-state index is 12.3. The fourth-order valence-electron chi connectivity index (χ4n) is 2.59. The number of rotatable bonds is 7. The van der Waals surface area contributed by atoms with Crippen molar-refractivity contribution < 1.29 is 9.53 Å². The van der Waals surface area contributed by atoms with Gasteiger partial charge in [-0.15, -0.1) is 0 Å². The number of para-hydroxylation sites is 2. The summed E-state index contributed by atoms with van der Waals surface area (Å²) < 4.78 is 5.33. The number of hydrogen-bond acceptors (Lipinski definition) is 4. The molecular formula is C21H21N3O2. The minimum absolute atomic E-state index is 0.190. The number of nitrogens with zero attached hydrogens (tertiary/aromatic N) is 1. The second kappa shape index (κ2) is 8.67. The van der Waals surface area contributed by atoms with Gasteiger partial charge in [0.2, 0.25) is 0 Å². The van der Waals surface area contributed by atoms with Crippen LogP contribution in [0.25, 0.3) is 0 Å². The summed E-state index contributed by atoms with van der Waals surface area (Å²) in [6.07, 6.45) is 2.40. The average Bonchev–Trinajstić information content (AvgIpc) is 2.69. The molecule has 1 aromatic heterocycles. The van der Waals surface area contributed by atoms with Crippen LogP contribution >= 0.6 is 0 Å². The quantitative estimate of drug-likeness (QED) is 0.682. The standard InChI is InChI=1S/C21H21N3O2/c1-26-20-10-6-5-9-18(20)24-17-12-14-22-19(15-17)21(25)23-13-11-16-7-3-2-4-8-16/h2-10,12,14-15H,11,13H2,1H3,(H,22,24)(H,23,25). The number of amides is 1. The monoisotopic (exact) mass is 347 g/mol. The van der Waals surface area contributed by atoms with Crippen LogP contribution in [-0.4, -0.2) is 24.5 Å². The molecule has 0 saturated heterocycles. The third-order valence-corrected chi connectivity index (χ3v) is 3.92. The van der Waals surface area contributed by atoms with E-state index >= 15 is 0 Å². The van der Waals surface area contributed by atoms with Gasteiger partial charge in [-0.25, -0.2) is 0 Å². The van der Waals surface area contributed by atoms with Gasteiger partial charge in [0.15, 0.2) is 0 Å². The lowest BCUT2D eigenvalue weighted by atomic mass is 10.1. The fourth-order valence-corrected chi connectivity index (χ4v) is 2.59. The Balaban J connectivity index is 1.62. The number of benzene rings is 2. The molecule has 0 unspecified atom stereocenters. The Hall–Kier alpha value is -3.34. The van der Waals surface area contributed by atoms with E-state index < -0.39 is 0 Å². The number of pyridine rings is 1. The van der Waals surface area contributed by atoms with Gasteiger partial charge >= 0.3 is 0 Å². The molecule has 3 rings (SSSR count). The predicted octanol–water partition coefficient (Wildman–Crippen LogP) is 3.81. The normalized spacial score (nSPS) is 10.2. The molecule has 0 fully saturated rings. The Morgan fingerprint density at radius 1 is 1.04 bits per heavy atom. The molecule has 5 nitrogen and oxygen atoms in total. The summed E-state index contributed by atoms with van der Waals surface area (Å²) in [4.78, 5) is 16.5. The molecule has 0 aliphatic carbocycles. The number of ether oxygens (including phenoxy) is 1. The lowest BCUT2D eigenvalue weighted by Gasteiger charge is -2.11. The summed E-state index contributed by atoms with van der Waals surface area (Å²) >= 11 is 0. The summed E-state index contributed by atoms with van der Waals surface area (Å²) in [5.74, 6) is 0.544. The van der Waals surface area contributed by atoms with Crippen LogP contribution < -0.4 is 15.4 Å². The number of carbonyl (C=O) groups is 1. The van der Waals surface area contributed by atoms with Gasteiger partial charge in [-0.2, -0.15) is 0 Å². The SMILES string of the molecule is COc1ccccc1Nc1ccnc(C(=O)NCCc2ccccc2)c1. The maximum atomic E-state index is 12.3. The highest BCUT2D eigenvalue weighted by Gasteiger charge is 2.09. The first-order valence-electron chi connectivity index (χ1n) is 8.44. The summed E-state index contributed by atoms with van der Waals surface area (Å²) in [6.45, 7) is 0.564. The van der Waals surface area contributed by atoms with Gasteiger partial charge in [-0.1, -0.05) is 42.5 Å². The van der Waals surface area contributed by atoms with Gasteiger partial charge in [0.1, 0.15) is 11.4 Å². The first-order chi connectivity index (χ1) is 12.8. The first kappa shape index (κ1) is 17.5. The van der Waals surface area contributed by atoms with Gasteiger partial charge in [0, 0.05) is 18.4 Å². The average molecular weight is 347 g/mol. The van der Waals surface area contributed by atoms with Crippen molar-refractivity contribution in [3.63, 3.8) is 0 Å².